The fourth-order valence-electron chi connectivity index (χ4n) is 3.50. The molecule has 2 unspecified atom stereocenters. The molecule has 2 aliphatic heterocycles. The Hall–Kier alpha value is -2.57. The van der Waals surface area contributed by atoms with Crippen LogP contribution in [0.2, 0.25) is 0 Å². The monoisotopic (exact) mass is 341 g/mol. The molecular formula is C18H19N3O4. The van der Waals surface area contributed by atoms with Crippen molar-refractivity contribution in [2.24, 2.45) is 0 Å². The minimum absolute atomic E-state index is 0.0743. The van der Waals surface area contributed by atoms with Crippen LogP contribution in [0.3, 0.4) is 0 Å². The summed E-state index contributed by atoms with van der Waals surface area (Å²) < 4.78 is 16.9. The van der Waals surface area contributed by atoms with E-state index in [2.05, 4.69) is 10.1 Å². The van der Waals surface area contributed by atoms with E-state index in [-0.39, 0.29) is 18.6 Å². The van der Waals surface area contributed by atoms with Gasteiger partial charge in [-0.1, -0.05) is 17.3 Å². The maximum Gasteiger partial charge on any atom is 0.267 e. The van der Waals surface area contributed by atoms with Gasteiger partial charge in [-0.05, 0) is 37.8 Å². The number of ether oxygens (including phenoxy) is 2. The van der Waals surface area contributed by atoms with E-state index in [0.29, 0.717) is 35.7 Å². The number of carbonyl (C=O) groups excluding carboxylic acids is 1. The average Bonchev–Trinajstić information content (AvgIpc) is 3.19. The van der Waals surface area contributed by atoms with Crippen molar-refractivity contribution in [1.29, 1.82) is 0 Å². The number of carbonyl (C=O) groups is 1. The maximum atomic E-state index is 13.0. The van der Waals surface area contributed by atoms with Crippen LogP contribution in [-0.4, -0.2) is 40.2 Å². The van der Waals surface area contributed by atoms with Crippen molar-refractivity contribution in [3.05, 3.63) is 36.0 Å². The van der Waals surface area contributed by atoms with E-state index in [4.69, 9.17) is 14.0 Å². The van der Waals surface area contributed by atoms with Crippen LogP contribution in [0.4, 0.5) is 0 Å². The van der Waals surface area contributed by atoms with Crippen LogP contribution in [0.1, 0.15) is 49.4 Å². The third kappa shape index (κ3) is 2.63. The lowest BCUT2D eigenvalue weighted by molar-refractivity contribution is -0.142. The molecule has 2 aromatic rings. The minimum atomic E-state index is -0.634. The lowest BCUT2D eigenvalue weighted by atomic mass is 10.2. The Balaban J connectivity index is 1.34. The summed E-state index contributed by atoms with van der Waals surface area (Å²) in [4.78, 5) is 19.3. The highest BCUT2D eigenvalue weighted by molar-refractivity contribution is 5.82. The first kappa shape index (κ1) is 14.7. The lowest BCUT2D eigenvalue weighted by Crippen LogP contribution is -2.46. The molecule has 3 heterocycles. The fraction of sp³-hybridized carbons (Fsp3) is 0.500. The normalized spacial score (nSPS) is 25.2. The van der Waals surface area contributed by atoms with E-state index in [1.54, 1.807) is 0 Å². The topological polar surface area (TPSA) is 77.7 Å². The van der Waals surface area contributed by atoms with Crippen molar-refractivity contribution in [2.45, 2.75) is 43.7 Å². The molecule has 2 atom stereocenters. The molecule has 0 N–H and O–H groups in total. The Kier molecular flexibility index (Phi) is 3.39. The SMILES string of the molecule is O=C(C1COc2ccccc2O1)N1CCCC1c1noc(C2CC2)n1. The number of nitrogens with zero attached hydrogens (tertiary/aromatic N) is 3. The number of amides is 1. The van der Waals surface area contributed by atoms with E-state index in [1.807, 2.05) is 29.2 Å². The van der Waals surface area contributed by atoms with Crippen molar-refractivity contribution in [2.75, 3.05) is 13.2 Å². The van der Waals surface area contributed by atoms with Crippen LogP contribution in [0.15, 0.2) is 28.8 Å². The van der Waals surface area contributed by atoms with Crippen LogP contribution in [-0.2, 0) is 4.79 Å². The molecule has 3 aliphatic rings. The molecule has 1 amide bonds. The van der Waals surface area contributed by atoms with Gasteiger partial charge in [0.2, 0.25) is 12.0 Å². The molecule has 5 rings (SSSR count). The van der Waals surface area contributed by atoms with Crippen LogP contribution in [0.25, 0.3) is 0 Å². The highest BCUT2D eigenvalue weighted by atomic mass is 16.6. The fourth-order valence-corrected chi connectivity index (χ4v) is 3.50. The first-order valence-corrected chi connectivity index (χ1v) is 8.82. The van der Waals surface area contributed by atoms with Gasteiger partial charge in [0.25, 0.3) is 5.91 Å². The second-order valence-electron chi connectivity index (χ2n) is 6.82. The summed E-state index contributed by atoms with van der Waals surface area (Å²) in [5, 5.41) is 4.12. The van der Waals surface area contributed by atoms with Crippen LogP contribution < -0.4 is 9.47 Å². The van der Waals surface area contributed by atoms with Gasteiger partial charge in [0.1, 0.15) is 6.61 Å². The molecule has 1 aromatic carbocycles. The van der Waals surface area contributed by atoms with Gasteiger partial charge in [-0.3, -0.25) is 4.79 Å². The molecule has 7 nitrogen and oxygen atoms in total. The van der Waals surface area contributed by atoms with Gasteiger partial charge in [0, 0.05) is 12.5 Å². The Morgan fingerprint density at radius 2 is 2.00 bits per heavy atom. The quantitative estimate of drug-likeness (QED) is 0.853. The number of fused-ring (bicyclic) bond motifs is 1. The summed E-state index contributed by atoms with van der Waals surface area (Å²) in [6.45, 7) is 0.900. The second-order valence-corrected chi connectivity index (χ2v) is 6.82. The van der Waals surface area contributed by atoms with Crippen LogP contribution >= 0.6 is 0 Å². The molecule has 1 saturated carbocycles. The minimum Gasteiger partial charge on any atom is -0.485 e. The van der Waals surface area contributed by atoms with Gasteiger partial charge in [0.15, 0.2) is 17.3 Å². The smallest absolute Gasteiger partial charge is 0.267 e. The number of para-hydroxylation sites is 2. The number of likely N-dealkylation sites (tertiary alicyclic amines) is 1. The summed E-state index contributed by atoms with van der Waals surface area (Å²) in [6, 6.07) is 7.27. The van der Waals surface area contributed by atoms with Crippen molar-refractivity contribution < 1.29 is 18.8 Å². The first-order chi connectivity index (χ1) is 12.3. The summed E-state index contributed by atoms with van der Waals surface area (Å²) in [5.41, 5.74) is 0. The van der Waals surface area contributed by atoms with Crippen molar-refractivity contribution >= 4 is 5.91 Å². The number of rotatable bonds is 3. The van der Waals surface area contributed by atoms with Crippen molar-refractivity contribution in [3.8, 4) is 11.5 Å². The molecule has 0 spiro atoms. The Morgan fingerprint density at radius 1 is 1.16 bits per heavy atom. The third-order valence-corrected chi connectivity index (χ3v) is 5.00. The number of aromatic nitrogens is 2. The van der Waals surface area contributed by atoms with Gasteiger partial charge in [-0.15, -0.1) is 0 Å². The Bertz CT molecular complexity index is 801. The summed E-state index contributed by atoms with van der Waals surface area (Å²) in [6.07, 6.45) is 3.36. The lowest BCUT2D eigenvalue weighted by Gasteiger charge is -2.30. The molecule has 130 valence electrons. The highest BCUT2D eigenvalue weighted by Crippen LogP contribution is 2.40. The largest absolute Gasteiger partial charge is 0.485 e. The maximum absolute atomic E-state index is 13.0. The average molecular weight is 341 g/mol. The van der Waals surface area contributed by atoms with E-state index >= 15 is 0 Å². The first-order valence-electron chi connectivity index (χ1n) is 8.82. The molecule has 7 heteroatoms. The van der Waals surface area contributed by atoms with E-state index in [1.165, 1.54) is 0 Å². The summed E-state index contributed by atoms with van der Waals surface area (Å²) in [5.74, 6) is 2.95. The van der Waals surface area contributed by atoms with Gasteiger partial charge in [-0.2, -0.15) is 4.98 Å². The van der Waals surface area contributed by atoms with E-state index in [9.17, 15) is 4.79 Å². The predicted molar refractivity (Wildman–Crippen MR) is 86.3 cm³/mol. The molecule has 25 heavy (non-hydrogen) atoms. The summed E-state index contributed by atoms with van der Waals surface area (Å²) in [7, 11) is 0. The Labute approximate surface area is 144 Å². The zero-order chi connectivity index (χ0) is 16.8. The second kappa shape index (κ2) is 5.75. The number of benzene rings is 1. The highest BCUT2D eigenvalue weighted by Gasteiger charge is 2.40. The zero-order valence-corrected chi connectivity index (χ0v) is 13.8. The number of hydrogen-bond acceptors (Lipinski definition) is 6. The molecule has 1 saturated heterocycles. The molecule has 2 fully saturated rings. The van der Waals surface area contributed by atoms with E-state index in [0.717, 1.165) is 25.7 Å². The van der Waals surface area contributed by atoms with Crippen molar-refractivity contribution in [1.82, 2.24) is 15.0 Å². The predicted octanol–water partition coefficient (Wildman–Crippen LogP) is 2.45. The molecule has 0 bridgehead atoms. The van der Waals surface area contributed by atoms with Crippen LogP contribution in [0.5, 0.6) is 11.5 Å². The third-order valence-electron chi connectivity index (χ3n) is 5.00. The van der Waals surface area contributed by atoms with Gasteiger partial charge >= 0.3 is 0 Å². The van der Waals surface area contributed by atoms with Crippen LogP contribution in [0, 0.1) is 0 Å². The molecule has 0 radical (unpaired) electrons. The van der Waals surface area contributed by atoms with Gasteiger partial charge < -0.3 is 18.9 Å². The number of hydrogen-bond donors (Lipinski definition) is 0. The molecule has 1 aromatic heterocycles. The van der Waals surface area contributed by atoms with Gasteiger partial charge in [-0.25, -0.2) is 0 Å². The van der Waals surface area contributed by atoms with Gasteiger partial charge in [0.05, 0.1) is 6.04 Å². The van der Waals surface area contributed by atoms with Crippen molar-refractivity contribution in [3.63, 3.8) is 0 Å². The molecular weight excluding hydrogens is 322 g/mol. The molecule has 1 aliphatic carbocycles. The Morgan fingerprint density at radius 3 is 2.84 bits per heavy atom. The van der Waals surface area contributed by atoms with E-state index < -0.39 is 6.10 Å². The zero-order valence-electron chi connectivity index (χ0n) is 13.8. The standard InChI is InChI=1S/C18H19N3O4/c22-18(15-10-23-13-5-1-2-6-14(13)24-15)21-9-3-4-12(21)16-19-17(25-20-16)11-7-8-11/h1-2,5-6,11-12,15H,3-4,7-10H2. The summed E-state index contributed by atoms with van der Waals surface area (Å²) >= 11 is 0.